The maximum absolute atomic E-state index is 13.4. The van der Waals surface area contributed by atoms with E-state index in [4.69, 9.17) is 17.2 Å². The number of nitrogens with two attached hydrogens (primary N) is 3. The number of aliphatic imine (C=N–C) groups is 1. The van der Waals surface area contributed by atoms with Crippen molar-refractivity contribution in [3.63, 3.8) is 0 Å². The van der Waals surface area contributed by atoms with Gasteiger partial charge in [-0.15, -0.1) is 0 Å². The fourth-order valence-corrected chi connectivity index (χ4v) is 4.14. The molecule has 214 valence electrons. The van der Waals surface area contributed by atoms with Crippen LogP contribution in [-0.4, -0.2) is 93.1 Å². The molecule has 0 aromatic heterocycles. The van der Waals surface area contributed by atoms with Crippen LogP contribution in [0.3, 0.4) is 0 Å². The second kappa shape index (κ2) is 14.5. The van der Waals surface area contributed by atoms with Crippen LogP contribution >= 0.6 is 0 Å². The molecule has 4 unspecified atom stereocenters. The number of amides is 3. The van der Waals surface area contributed by atoms with E-state index < -0.39 is 60.2 Å². The summed E-state index contributed by atoms with van der Waals surface area (Å²) in [5, 5.41) is 33.2. The Kier molecular flexibility index (Phi) is 11.5. The van der Waals surface area contributed by atoms with Gasteiger partial charge in [0.15, 0.2) is 5.96 Å². The van der Waals surface area contributed by atoms with Gasteiger partial charge in [0.25, 0.3) is 0 Å². The lowest BCUT2D eigenvalue weighted by atomic mass is 10.0. The van der Waals surface area contributed by atoms with Crippen molar-refractivity contribution in [2.75, 3.05) is 13.1 Å². The number of nitrogens with zero attached hydrogens (tertiary/aromatic N) is 2. The van der Waals surface area contributed by atoms with Crippen LogP contribution in [0.4, 0.5) is 0 Å². The van der Waals surface area contributed by atoms with Crippen LogP contribution in [0.2, 0.25) is 0 Å². The van der Waals surface area contributed by atoms with Gasteiger partial charge in [0.1, 0.15) is 23.9 Å². The highest BCUT2D eigenvalue weighted by molar-refractivity contribution is 5.96. The third-order valence-electron chi connectivity index (χ3n) is 6.13. The summed E-state index contributed by atoms with van der Waals surface area (Å²) >= 11 is 0. The number of phenolic OH excluding ortho intramolecular Hbond substituents is 1. The van der Waals surface area contributed by atoms with E-state index >= 15 is 0 Å². The third kappa shape index (κ3) is 9.77. The molecule has 1 aliphatic heterocycles. The van der Waals surface area contributed by atoms with Crippen molar-refractivity contribution in [3.8, 4) is 5.75 Å². The highest BCUT2D eigenvalue weighted by Crippen LogP contribution is 2.20. The second-order valence-electron chi connectivity index (χ2n) is 9.17. The Morgan fingerprint density at radius 2 is 1.67 bits per heavy atom. The fourth-order valence-electron chi connectivity index (χ4n) is 4.14. The van der Waals surface area contributed by atoms with Crippen molar-refractivity contribution in [1.29, 1.82) is 0 Å². The Bertz CT molecular complexity index is 1070. The van der Waals surface area contributed by atoms with E-state index in [1.165, 1.54) is 24.3 Å². The summed E-state index contributed by atoms with van der Waals surface area (Å²) in [4.78, 5) is 67.1. The van der Waals surface area contributed by atoms with Crippen LogP contribution < -0.4 is 27.8 Å². The highest BCUT2D eigenvalue weighted by Gasteiger charge is 2.38. The first-order valence-corrected chi connectivity index (χ1v) is 12.3. The topological polar surface area (TPSA) is 264 Å². The standard InChI is InChI=1S/C24H35N7O8/c25-15(3-1-9-28-24(26)27)20(35)29-16(12-19(33)34)21(36)30-17(11-13-5-7-14(32)8-6-13)22(37)31-10-2-4-18(31)23(38)39/h5-8,15-18,32H,1-4,9-12,25H2,(H,29,35)(H,30,36)(H,33,34)(H,38,39)(H4,26,27,28). The number of carbonyl (C=O) groups is 5. The number of hydrogen-bond acceptors (Lipinski definition) is 8. The minimum atomic E-state index is -1.57. The normalized spacial score (nSPS) is 16.9. The summed E-state index contributed by atoms with van der Waals surface area (Å²) in [6, 6.07) is 0.831. The molecule has 0 radical (unpaired) electrons. The average molecular weight is 550 g/mol. The number of carbonyl (C=O) groups excluding carboxylic acids is 3. The average Bonchev–Trinajstić information content (AvgIpc) is 3.36. The van der Waals surface area contributed by atoms with Crippen molar-refractivity contribution in [2.45, 2.75) is 62.7 Å². The van der Waals surface area contributed by atoms with Gasteiger partial charge in [-0.05, 0) is 43.4 Å². The van der Waals surface area contributed by atoms with Crippen LogP contribution in [0.1, 0.15) is 37.7 Å². The Labute approximate surface area is 224 Å². The molecule has 0 saturated carbocycles. The molecule has 1 fully saturated rings. The van der Waals surface area contributed by atoms with Gasteiger partial charge in [0.2, 0.25) is 17.7 Å². The number of benzene rings is 1. The first-order chi connectivity index (χ1) is 18.4. The van der Waals surface area contributed by atoms with Crippen LogP contribution in [0.15, 0.2) is 29.3 Å². The zero-order chi connectivity index (χ0) is 29.1. The molecule has 39 heavy (non-hydrogen) atoms. The molecule has 2 rings (SSSR count). The Morgan fingerprint density at radius 1 is 1.03 bits per heavy atom. The third-order valence-corrected chi connectivity index (χ3v) is 6.13. The number of likely N-dealkylation sites (tertiary alicyclic amines) is 1. The van der Waals surface area contributed by atoms with E-state index in [2.05, 4.69) is 15.6 Å². The molecule has 0 aliphatic carbocycles. The van der Waals surface area contributed by atoms with Crippen LogP contribution in [0.25, 0.3) is 0 Å². The predicted octanol–water partition coefficient (Wildman–Crippen LogP) is -2.16. The number of carboxylic acids is 2. The van der Waals surface area contributed by atoms with E-state index in [-0.39, 0.29) is 44.1 Å². The maximum atomic E-state index is 13.4. The Balaban J connectivity index is 2.19. The predicted molar refractivity (Wildman–Crippen MR) is 138 cm³/mol. The molecular formula is C24H35N7O8. The van der Waals surface area contributed by atoms with Crippen molar-refractivity contribution in [3.05, 3.63) is 29.8 Å². The lowest BCUT2D eigenvalue weighted by Crippen LogP contribution is -2.58. The first-order valence-electron chi connectivity index (χ1n) is 12.3. The van der Waals surface area contributed by atoms with Crippen LogP contribution in [0.5, 0.6) is 5.75 Å². The monoisotopic (exact) mass is 549 g/mol. The summed E-state index contributed by atoms with van der Waals surface area (Å²) in [5.41, 5.74) is 16.9. The Hall–Kier alpha value is -4.40. The van der Waals surface area contributed by atoms with Gasteiger partial charge in [-0.25, -0.2) is 4.79 Å². The van der Waals surface area contributed by atoms with E-state index in [1.807, 2.05) is 0 Å². The highest BCUT2D eigenvalue weighted by atomic mass is 16.4. The van der Waals surface area contributed by atoms with E-state index in [0.717, 1.165) is 4.90 Å². The lowest BCUT2D eigenvalue weighted by molar-refractivity contribution is -0.149. The molecule has 1 heterocycles. The van der Waals surface area contributed by atoms with E-state index in [9.17, 15) is 39.3 Å². The SMILES string of the molecule is NC(N)=NCCCC(N)C(=O)NC(CC(=O)O)C(=O)NC(Cc1ccc(O)cc1)C(=O)N1CCCC1C(=O)O. The minimum Gasteiger partial charge on any atom is -0.508 e. The molecule has 3 amide bonds. The van der Waals surface area contributed by atoms with Gasteiger partial charge in [-0.1, -0.05) is 12.1 Å². The van der Waals surface area contributed by atoms with E-state index in [1.54, 1.807) is 0 Å². The van der Waals surface area contributed by atoms with Gasteiger partial charge in [0.05, 0.1) is 12.5 Å². The number of nitrogens with one attached hydrogen (secondary N) is 2. The molecule has 0 bridgehead atoms. The fraction of sp³-hybridized carbons (Fsp3) is 0.500. The molecule has 0 spiro atoms. The van der Waals surface area contributed by atoms with Crippen molar-refractivity contribution >= 4 is 35.6 Å². The summed E-state index contributed by atoms with van der Waals surface area (Å²) in [6.07, 6.45) is 0.344. The summed E-state index contributed by atoms with van der Waals surface area (Å²) in [6.45, 7) is 0.388. The number of aromatic hydroxyl groups is 1. The van der Waals surface area contributed by atoms with Crippen molar-refractivity contribution in [2.24, 2.45) is 22.2 Å². The van der Waals surface area contributed by atoms with Crippen LogP contribution in [-0.2, 0) is 30.4 Å². The van der Waals surface area contributed by atoms with Gasteiger partial charge < -0.3 is 48.1 Å². The van der Waals surface area contributed by atoms with Gasteiger partial charge in [-0.2, -0.15) is 0 Å². The smallest absolute Gasteiger partial charge is 0.326 e. The van der Waals surface area contributed by atoms with Crippen LogP contribution in [0, 0.1) is 0 Å². The van der Waals surface area contributed by atoms with Crippen molar-refractivity contribution < 1.29 is 39.3 Å². The molecule has 1 aromatic rings. The second-order valence-corrected chi connectivity index (χ2v) is 9.17. The number of carboxylic acid groups (broad SMARTS) is 2. The summed E-state index contributed by atoms with van der Waals surface area (Å²) in [5.74, 6) is -5.11. The molecule has 1 saturated heterocycles. The lowest BCUT2D eigenvalue weighted by Gasteiger charge is -2.29. The number of rotatable bonds is 14. The largest absolute Gasteiger partial charge is 0.508 e. The number of aliphatic carboxylic acids is 2. The number of phenols is 1. The molecule has 1 aromatic carbocycles. The Morgan fingerprint density at radius 3 is 2.26 bits per heavy atom. The molecule has 15 nitrogen and oxygen atoms in total. The quantitative estimate of drug-likeness (QED) is 0.0703. The van der Waals surface area contributed by atoms with Gasteiger partial charge in [0, 0.05) is 19.5 Å². The first kappa shape index (κ1) is 30.8. The summed E-state index contributed by atoms with van der Waals surface area (Å²) < 4.78 is 0. The molecule has 11 N–H and O–H groups in total. The molecule has 4 atom stereocenters. The molecular weight excluding hydrogens is 514 g/mol. The molecule has 15 heteroatoms. The zero-order valence-corrected chi connectivity index (χ0v) is 21.3. The van der Waals surface area contributed by atoms with Crippen molar-refractivity contribution in [1.82, 2.24) is 15.5 Å². The van der Waals surface area contributed by atoms with Gasteiger partial charge in [-0.3, -0.25) is 24.2 Å². The van der Waals surface area contributed by atoms with E-state index in [0.29, 0.717) is 18.4 Å². The summed E-state index contributed by atoms with van der Waals surface area (Å²) in [7, 11) is 0. The van der Waals surface area contributed by atoms with Gasteiger partial charge >= 0.3 is 11.9 Å². The maximum Gasteiger partial charge on any atom is 0.326 e. The number of guanidine groups is 1. The number of hydrogen-bond donors (Lipinski definition) is 8. The minimum absolute atomic E-state index is 0.0185. The molecule has 1 aliphatic rings. The zero-order valence-electron chi connectivity index (χ0n) is 21.3.